The largest absolute Gasteiger partial charge is 0.379 e. The quantitative estimate of drug-likeness (QED) is 0.899. The highest BCUT2D eigenvalue weighted by Gasteiger charge is 2.38. The highest BCUT2D eigenvalue weighted by atomic mass is 16.5. The molecule has 3 heterocycles. The van der Waals surface area contributed by atoms with Gasteiger partial charge in [0.05, 0.1) is 13.2 Å². The summed E-state index contributed by atoms with van der Waals surface area (Å²) in [6.07, 6.45) is 6.44. The fourth-order valence-electron chi connectivity index (χ4n) is 3.85. The summed E-state index contributed by atoms with van der Waals surface area (Å²) in [6.45, 7) is 4.66. The molecule has 124 valence electrons. The predicted octanol–water partition coefficient (Wildman–Crippen LogP) is 0.966. The van der Waals surface area contributed by atoms with Crippen LogP contribution in [0.1, 0.15) is 32.1 Å². The average Bonchev–Trinajstić information content (AvgIpc) is 3.09. The molecule has 2 aliphatic rings. The third-order valence-corrected chi connectivity index (χ3v) is 5.13. The summed E-state index contributed by atoms with van der Waals surface area (Å²) in [5.74, 6) is 0.822. The molecule has 1 saturated heterocycles. The molecule has 1 saturated carbocycles. The molecule has 1 N–H and O–H groups in total. The normalized spacial score (nSPS) is 22.3. The Morgan fingerprint density at radius 2 is 1.96 bits per heavy atom. The van der Waals surface area contributed by atoms with Crippen LogP contribution in [-0.2, 0) is 4.74 Å². The zero-order chi connectivity index (χ0) is 15.5. The highest BCUT2D eigenvalue weighted by molar-refractivity contribution is 5.42. The van der Waals surface area contributed by atoms with Gasteiger partial charge in [-0.05, 0) is 35.4 Å². The minimum Gasteiger partial charge on any atom is -0.379 e. The molecule has 0 bridgehead atoms. The molecule has 2 fully saturated rings. The molecule has 0 spiro atoms. The first-order chi connectivity index (χ1) is 11.4. The molecule has 23 heavy (non-hydrogen) atoms. The van der Waals surface area contributed by atoms with E-state index in [1.165, 1.54) is 36.7 Å². The fraction of sp³-hybridized carbons (Fsp3) is 0.733. The summed E-state index contributed by atoms with van der Waals surface area (Å²) in [5.41, 5.74) is 0.885. The summed E-state index contributed by atoms with van der Waals surface area (Å²) >= 11 is 0. The monoisotopic (exact) mass is 317 g/mol. The Morgan fingerprint density at radius 3 is 2.78 bits per heavy atom. The first-order valence-electron chi connectivity index (χ1n) is 8.48. The molecule has 8 nitrogen and oxygen atoms in total. The third-order valence-electron chi connectivity index (χ3n) is 5.13. The summed E-state index contributed by atoms with van der Waals surface area (Å²) in [5, 5.41) is 19.3. The van der Waals surface area contributed by atoms with E-state index in [0.717, 1.165) is 38.7 Å². The maximum atomic E-state index is 5.54. The van der Waals surface area contributed by atoms with Gasteiger partial charge in [-0.2, -0.15) is 0 Å². The fourth-order valence-corrected chi connectivity index (χ4v) is 3.85. The Kier molecular flexibility index (Phi) is 4.09. The van der Waals surface area contributed by atoms with Crippen molar-refractivity contribution in [1.82, 2.24) is 30.2 Å². The SMILES string of the molecule is c1cc2nnnn2nc1NCC1(N2CCOCC2)CCCCC1. The molecular formula is C15H23N7O. The Hall–Kier alpha value is -1.80. The summed E-state index contributed by atoms with van der Waals surface area (Å²) in [4.78, 5) is 2.62. The molecule has 8 heteroatoms. The maximum Gasteiger partial charge on any atom is 0.200 e. The number of hydrogen-bond donors (Lipinski definition) is 1. The van der Waals surface area contributed by atoms with Gasteiger partial charge in [-0.3, -0.25) is 4.90 Å². The van der Waals surface area contributed by atoms with Crippen molar-refractivity contribution in [2.45, 2.75) is 37.6 Å². The molecule has 1 aliphatic carbocycles. The van der Waals surface area contributed by atoms with Gasteiger partial charge in [0.25, 0.3) is 0 Å². The lowest BCUT2D eigenvalue weighted by atomic mass is 9.79. The molecule has 0 atom stereocenters. The molecule has 2 aromatic heterocycles. The zero-order valence-electron chi connectivity index (χ0n) is 13.3. The van der Waals surface area contributed by atoms with Crippen LogP contribution in [0, 0.1) is 0 Å². The Bertz CT molecular complexity index is 646. The van der Waals surface area contributed by atoms with Gasteiger partial charge in [0.1, 0.15) is 5.82 Å². The van der Waals surface area contributed by atoms with E-state index in [-0.39, 0.29) is 5.54 Å². The number of aromatic nitrogens is 5. The van der Waals surface area contributed by atoms with Crippen LogP contribution in [0.5, 0.6) is 0 Å². The maximum absolute atomic E-state index is 5.54. The molecule has 4 rings (SSSR count). The number of nitrogens with zero attached hydrogens (tertiary/aromatic N) is 6. The number of nitrogens with one attached hydrogen (secondary N) is 1. The average molecular weight is 317 g/mol. The lowest BCUT2D eigenvalue weighted by Gasteiger charge is -2.48. The van der Waals surface area contributed by atoms with Crippen LogP contribution in [-0.4, -0.2) is 68.5 Å². The molecule has 1 aliphatic heterocycles. The van der Waals surface area contributed by atoms with E-state index in [0.29, 0.717) is 5.65 Å². The van der Waals surface area contributed by atoms with Crippen molar-refractivity contribution in [3.05, 3.63) is 12.1 Å². The molecule has 0 aromatic carbocycles. The van der Waals surface area contributed by atoms with Crippen molar-refractivity contribution >= 4 is 11.5 Å². The van der Waals surface area contributed by atoms with Crippen LogP contribution < -0.4 is 5.32 Å². The van der Waals surface area contributed by atoms with Gasteiger partial charge in [-0.15, -0.1) is 14.8 Å². The van der Waals surface area contributed by atoms with Gasteiger partial charge in [0.15, 0.2) is 5.65 Å². The molecule has 0 radical (unpaired) electrons. The summed E-state index contributed by atoms with van der Waals surface area (Å²) in [7, 11) is 0. The second-order valence-corrected chi connectivity index (χ2v) is 6.48. The van der Waals surface area contributed by atoms with E-state index >= 15 is 0 Å². The van der Waals surface area contributed by atoms with E-state index in [1.54, 1.807) is 0 Å². The van der Waals surface area contributed by atoms with E-state index in [4.69, 9.17) is 4.74 Å². The number of morpholine rings is 1. The van der Waals surface area contributed by atoms with Crippen molar-refractivity contribution < 1.29 is 4.74 Å². The Balaban J connectivity index is 1.50. The van der Waals surface area contributed by atoms with E-state index in [1.807, 2.05) is 12.1 Å². The Morgan fingerprint density at radius 1 is 1.13 bits per heavy atom. The first-order valence-corrected chi connectivity index (χ1v) is 8.48. The topological polar surface area (TPSA) is 80.5 Å². The van der Waals surface area contributed by atoms with Crippen molar-refractivity contribution in [3.8, 4) is 0 Å². The minimum atomic E-state index is 0.222. The number of fused-ring (bicyclic) bond motifs is 1. The van der Waals surface area contributed by atoms with Crippen LogP contribution in [0.3, 0.4) is 0 Å². The van der Waals surface area contributed by atoms with Gasteiger partial charge >= 0.3 is 0 Å². The van der Waals surface area contributed by atoms with Crippen molar-refractivity contribution in [2.75, 3.05) is 38.2 Å². The summed E-state index contributed by atoms with van der Waals surface area (Å²) < 4.78 is 7.00. The molecular weight excluding hydrogens is 294 g/mol. The predicted molar refractivity (Wildman–Crippen MR) is 85.3 cm³/mol. The molecule has 0 amide bonds. The number of ether oxygens (including phenoxy) is 1. The van der Waals surface area contributed by atoms with Gasteiger partial charge < -0.3 is 10.1 Å². The number of rotatable bonds is 4. The van der Waals surface area contributed by atoms with Crippen molar-refractivity contribution in [2.24, 2.45) is 0 Å². The second kappa shape index (κ2) is 6.37. The van der Waals surface area contributed by atoms with Crippen molar-refractivity contribution in [3.63, 3.8) is 0 Å². The molecule has 2 aromatic rings. The standard InChI is InChI=1S/C15H23N7O/c1-2-6-15(7-3-1,21-8-10-23-11-9-21)12-16-13-4-5-14-17-19-20-22(14)18-13/h4-5H,1-3,6-12H2,(H,16,18). The Labute approximate surface area is 135 Å². The van der Waals surface area contributed by atoms with Crippen LogP contribution in [0.2, 0.25) is 0 Å². The number of anilines is 1. The van der Waals surface area contributed by atoms with Crippen molar-refractivity contribution in [1.29, 1.82) is 0 Å². The second-order valence-electron chi connectivity index (χ2n) is 6.48. The van der Waals surface area contributed by atoms with Gasteiger partial charge in [0.2, 0.25) is 0 Å². The van der Waals surface area contributed by atoms with Crippen LogP contribution in [0.25, 0.3) is 5.65 Å². The minimum absolute atomic E-state index is 0.222. The smallest absolute Gasteiger partial charge is 0.200 e. The van der Waals surface area contributed by atoms with E-state index in [2.05, 4.69) is 30.8 Å². The van der Waals surface area contributed by atoms with Gasteiger partial charge in [-0.25, -0.2) is 0 Å². The zero-order valence-corrected chi connectivity index (χ0v) is 13.3. The van der Waals surface area contributed by atoms with E-state index < -0.39 is 0 Å². The van der Waals surface area contributed by atoms with Crippen LogP contribution in [0.4, 0.5) is 5.82 Å². The lowest BCUT2D eigenvalue weighted by molar-refractivity contribution is -0.0318. The highest BCUT2D eigenvalue weighted by Crippen LogP contribution is 2.34. The van der Waals surface area contributed by atoms with Crippen LogP contribution in [0.15, 0.2) is 12.1 Å². The molecule has 0 unspecified atom stereocenters. The van der Waals surface area contributed by atoms with E-state index in [9.17, 15) is 0 Å². The van der Waals surface area contributed by atoms with Gasteiger partial charge in [-0.1, -0.05) is 19.3 Å². The lowest BCUT2D eigenvalue weighted by Crippen LogP contribution is -2.58. The van der Waals surface area contributed by atoms with Gasteiger partial charge in [0, 0.05) is 25.2 Å². The number of hydrogen-bond acceptors (Lipinski definition) is 7. The van der Waals surface area contributed by atoms with Crippen LogP contribution >= 0.6 is 0 Å². The number of tetrazole rings is 1. The summed E-state index contributed by atoms with van der Waals surface area (Å²) in [6, 6.07) is 3.83. The third kappa shape index (κ3) is 3.00. The first kappa shape index (κ1) is 14.8.